The van der Waals surface area contributed by atoms with Crippen LogP contribution in [0.25, 0.3) is 11.3 Å². The van der Waals surface area contributed by atoms with Gasteiger partial charge in [0, 0.05) is 16.0 Å². The fourth-order valence-electron chi connectivity index (χ4n) is 2.87. The number of hydrogen-bond donors (Lipinski definition) is 1. The first-order valence-electron chi connectivity index (χ1n) is 8.22. The van der Waals surface area contributed by atoms with Gasteiger partial charge < -0.3 is 5.11 Å². The van der Waals surface area contributed by atoms with Crippen molar-refractivity contribution in [3.8, 4) is 11.3 Å². The fourth-order valence-corrected chi connectivity index (χ4v) is 3.85. The van der Waals surface area contributed by atoms with Crippen molar-refractivity contribution in [2.45, 2.75) is 18.3 Å². The molecule has 3 aromatic rings. The summed E-state index contributed by atoms with van der Waals surface area (Å²) in [5.74, 6) is 0. The number of hydrogen-bond acceptors (Lipinski definition) is 5. The Hall–Kier alpha value is -2.42. The molecule has 2 aromatic carbocycles. The van der Waals surface area contributed by atoms with Gasteiger partial charge in [0.05, 0.1) is 17.8 Å². The van der Waals surface area contributed by atoms with Crippen LogP contribution in [0.1, 0.15) is 12.0 Å². The minimum atomic E-state index is -4.92. The number of alkyl halides is 3. The molecule has 0 spiro atoms. The molecule has 0 saturated carbocycles. The van der Waals surface area contributed by atoms with Gasteiger partial charge in [-0.1, -0.05) is 54.1 Å². The average Bonchev–Trinajstić information content (AvgIpc) is 3.28. The lowest BCUT2D eigenvalue weighted by Gasteiger charge is -2.32. The number of rotatable bonds is 3. The van der Waals surface area contributed by atoms with Gasteiger partial charge in [0.25, 0.3) is 5.72 Å². The standard InChI is InChI=1S/C19H13ClF3N3OS/c20-14-8-6-13(7-9-14)16-11-28-17(24-16)26-18(27,19(21,22)23)10-15(25-26)12-4-2-1-3-5-12/h1-9,11,27H,10H2/t18-/m0/s1. The van der Waals surface area contributed by atoms with Gasteiger partial charge in [-0.05, 0) is 17.7 Å². The van der Waals surface area contributed by atoms with Crippen LogP contribution in [0.4, 0.5) is 18.3 Å². The Morgan fingerprint density at radius 1 is 1.04 bits per heavy atom. The quantitative estimate of drug-likeness (QED) is 0.619. The summed E-state index contributed by atoms with van der Waals surface area (Å²) < 4.78 is 41.2. The van der Waals surface area contributed by atoms with Gasteiger partial charge in [-0.15, -0.1) is 11.3 Å². The van der Waals surface area contributed by atoms with Crippen LogP contribution in [0.2, 0.25) is 5.02 Å². The number of aliphatic hydroxyl groups is 1. The zero-order chi connectivity index (χ0) is 19.9. The van der Waals surface area contributed by atoms with Crippen molar-refractivity contribution < 1.29 is 18.3 Å². The Morgan fingerprint density at radius 3 is 2.36 bits per heavy atom. The predicted molar refractivity (Wildman–Crippen MR) is 104 cm³/mol. The molecular formula is C19H13ClF3N3OS. The Morgan fingerprint density at radius 2 is 1.71 bits per heavy atom. The Kier molecular flexibility index (Phi) is 4.65. The third-order valence-electron chi connectivity index (χ3n) is 4.36. The van der Waals surface area contributed by atoms with Crippen LogP contribution in [-0.4, -0.2) is 27.7 Å². The molecule has 9 heteroatoms. The van der Waals surface area contributed by atoms with Crippen LogP contribution in [0.5, 0.6) is 0 Å². The summed E-state index contributed by atoms with van der Waals surface area (Å²) in [6.07, 6.45) is -5.60. The maximum atomic E-state index is 13.7. The summed E-state index contributed by atoms with van der Waals surface area (Å²) in [6.45, 7) is 0. The van der Waals surface area contributed by atoms with Gasteiger partial charge in [-0.3, -0.25) is 0 Å². The summed E-state index contributed by atoms with van der Waals surface area (Å²) in [5, 5.41) is 17.3. The van der Waals surface area contributed by atoms with Gasteiger partial charge in [0.1, 0.15) is 0 Å². The van der Waals surface area contributed by atoms with E-state index in [1.807, 2.05) is 0 Å². The molecule has 1 aliphatic rings. The second kappa shape index (κ2) is 6.88. The molecule has 144 valence electrons. The molecule has 0 fully saturated rings. The maximum absolute atomic E-state index is 13.7. The van der Waals surface area contributed by atoms with E-state index < -0.39 is 18.3 Å². The Labute approximate surface area is 167 Å². The van der Waals surface area contributed by atoms with Gasteiger partial charge >= 0.3 is 6.18 Å². The fraction of sp³-hybridized carbons (Fsp3) is 0.158. The molecule has 0 unspecified atom stereocenters. The lowest BCUT2D eigenvalue weighted by Crippen LogP contribution is -2.55. The number of benzene rings is 2. The molecule has 2 heterocycles. The summed E-state index contributed by atoms with van der Waals surface area (Å²) in [5.41, 5.74) is -1.32. The van der Waals surface area contributed by atoms with Gasteiger partial charge in [0.15, 0.2) is 0 Å². The van der Waals surface area contributed by atoms with E-state index in [1.165, 1.54) is 0 Å². The molecule has 0 radical (unpaired) electrons. The molecule has 0 amide bonds. The highest BCUT2D eigenvalue weighted by molar-refractivity contribution is 7.14. The number of halogens is 4. The van der Waals surface area contributed by atoms with E-state index in [0.29, 0.717) is 26.9 Å². The van der Waals surface area contributed by atoms with E-state index in [4.69, 9.17) is 11.6 Å². The lowest BCUT2D eigenvalue weighted by atomic mass is 10.0. The Balaban J connectivity index is 1.75. The second-order valence-electron chi connectivity index (χ2n) is 6.24. The van der Waals surface area contributed by atoms with Crippen LogP contribution in [-0.2, 0) is 0 Å². The third kappa shape index (κ3) is 3.28. The monoisotopic (exact) mass is 423 g/mol. The maximum Gasteiger partial charge on any atom is 0.438 e. The first-order chi connectivity index (χ1) is 13.3. The molecule has 0 bridgehead atoms. The Bertz CT molecular complexity index is 1020. The van der Waals surface area contributed by atoms with E-state index in [0.717, 1.165) is 11.3 Å². The normalized spacial score (nSPS) is 19.8. The van der Waals surface area contributed by atoms with Gasteiger partial charge in [0.2, 0.25) is 5.13 Å². The molecule has 4 rings (SSSR count). The van der Waals surface area contributed by atoms with Crippen molar-refractivity contribution in [1.29, 1.82) is 0 Å². The van der Waals surface area contributed by atoms with Crippen LogP contribution in [0.15, 0.2) is 65.1 Å². The molecule has 28 heavy (non-hydrogen) atoms. The first-order valence-corrected chi connectivity index (χ1v) is 9.47. The highest BCUT2D eigenvalue weighted by Crippen LogP contribution is 2.45. The van der Waals surface area contributed by atoms with E-state index in [9.17, 15) is 18.3 Å². The minimum Gasteiger partial charge on any atom is -0.362 e. The van der Waals surface area contributed by atoms with Crippen molar-refractivity contribution >= 4 is 33.8 Å². The molecule has 1 aliphatic heterocycles. The summed E-state index contributed by atoms with van der Waals surface area (Å²) in [7, 11) is 0. The number of anilines is 1. The van der Waals surface area contributed by atoms with Crippen molar-refractivity contribution in [2.24, 2.45) is 5.10 Å². The predicted octanol–water partition coefficient (Wildman–Crippen LogP) is 5.33. The van der Waals surface area contributed by atoms with Crippen molar-refractivity contribution in [3.05, 3.63) is 70.6 Å². The summed E-state index contributed by atoms with van der Waals surface area (Å²) in [4.78, 5) is 4.26. The summed E-state index contributed by atoms with van der Waals surface area (Å²) >= 11 is 6.84. The highest BCUT2D eigenvalue weighted by atomic mass is 35.5. The number of thiazole rings is 1. The summed E-state index contributed by atoms with van der Waals surface area (Å²) in [6, 6.07) is 15.3. The van der Waals surface area contributed by atoms with Crippen molar-refractivity contribution in [2.75, 3.05) is 5.01 Å². The molecule has 1 atom stereocenters. The van der Waals surface area contributed by atoms with Crippen LogP contribution in [0, 0.1) is 0 Å². The highest BCUT2D eigenvalue weighted by Gasteiger charge is 2.62. The third-order valence-corrected chi connectivity index (χ3v) is 5.43. The van der Waals surface area contributed by atoms with E-state index in [1.54, 1.807) is 60.0 Å². The first kappa shape index (κ1) is 18.9. The number of nitrogens with zero attached hydrogens (tertiary/aromatic N) is 3. The van der Waals surface area contributed by atoms with Crippen molar-refractivity contribution in [3.63, 3.8) is 0 Å². The molecular weight excluding hydrogens is 411 g/mol. The van der Waals surface area contributed by atoms with Crippen LogP contribution < -0.4 is 5.01 Å². The average molecular weight is 424 g/mol. The van der Waals surface area contributed by atoms with Crippen molar-refractivity contribution in [1.82, 2.24) is 4.98 Å². The molecule has 4 nitrogen and oxygen atoms in total. The molecule has 1 N–H and O–H groups in total. The SMILES string of the molecule is O[C@]1(C(F)(F)F)CC(c2ccccc2)=NN1c1nc(-c2ccc(Cl)cc2)cs1. The zero-order valence-electron chi connectivity index (χ0n) is 14.2. The number of aromatic nitrogens is 1. The molecule has 0 saturated heterocycles. The number of hydrazone groups is 1. The van der Waals surface area contributed by atoms with Gasteiger partial charge in [-0.2, -0.15) is 23.3 Å². The van der Waals surface area contributed by atoms with Crippen LogP contribution >= 0.6 is 22.9 Å². The van der Waals surface area contributed by atoms with E-state index in [-0.39, 0.29) is 10.8 Å². The van der Waals surface area contributed by atoms with E-state index >= 15 is 0 Å². The smallest absolute Gasteiger partial charge is 0.362 e. The molecule has 1 aromatic heterocycles. The van der Waals surface area contributed by atoms with Crippen LogP contribution in [0.3, 0.4) is 0 Å². The van der Waals surface area contributed by atoms with Gasteiger partial charge in [-0.25, -0.2) is 4.98 Å². The lowest BCUT2D eigenvalue weighted by molar-refractivity contribution is -0.254. The molecule has 0 aliphatic carbocycles. The topological polar surface area (TPSA) is 48.7 Å². The van der Waals surface area contributed by atoms with E-state index in [2.05, 4.69) is 10.1 Å². The largest absolute Gasteiger partial charge is 0.438 e. The minimum absolute atomic E-state index is 0.0456. The second-order valence-corrected chi connectivity index (χ2v) is 7.51. The zero-order valence-corrected chi connectivity index (χ0v) is 15.8.